The van der Waals surface area contributed by atoms with Crippen molar-refractivity contribution < 1.29 is 4.74 Å². The zero-order valence-corrected chi connectivity index (χ0v) is 16.4. The quantitative estimate of drug-likeness (QED) is 0.683. The van der Waals surface area contributed by atoms with E-state index in [1.54, 1.807) is 0 Å². The summed E-state index contributed by atoms with van der Waals surface area (Å²) in [6.07, 6.45) is 10.1. The van der Waals surface area contributed by atoms with Gasteiger partial charge in [0.1, 0.15) is 5.75 Å². The molecule has 0 spiro atoms. The molecular formula is C22H35N3O. The topological polar surface area (TPSA) is 27.7 Å². The molecule has 2 fully saturated rings. The summed E-state index contributed by atoms with van der Waals surface area (Å²) in [6.45, 7) is 7.58. The molecule has 0 aliphatic carbocycles. The van der Waals surface area contributed by atoms with Crippen molar-refractivity contribution in [2.24, 2.45) is 0 Å². The van der Waals surface area contributed by atoms with Crippen molar-refractivity contribution in [1.29, 1.82) is 0 Å². The van der Waals surface area contributed by atoms with Crippen LogP contribution in [0.1, 0.15) is 44.1 Å². The Hall–Kier alpha value is -1.52. The van der Waals surface area contributed by atoms with Gasteiger partial charge in [-0.05, 0) is 62.9 Å². The molecule has 2 aliphatic heterocycles. The summed E-state index contributed by atoms with van der Waals surface area (Å²) >= 11 is 0. The minimum atomic E-state index is 0.815. The Labute approximate surface area is 159 Å². The van der Waals surface area contributed by atoms with E-state index < -0.39 is 0 Å². The lowest BCUT2D eigenvalue weighted by Gasteiger charge is -2.26. The first-order chi connectivity index (χ1) is 12.8. The molecule has 0 unspecified atom stereocenters. The second-order valence-electron chi connectivity index (χ2n) is 7.60. The molecule has 1 aromatic carbocycles. The molecule has 2 aliphatic rings. The van der Waals surface area contributed by atoms with Crippen LogP contribution in [-0.2, 0) is 6.54 Å². The molecule has 2 saturated heterocycles. The van der Waals surface area contributed by atoms with Gasteiger partial charge in [0.25, 0.3) is 0 Å². The van der Waals surface area contributed by atoms with Gasteiger partial charge >= 0.3 is 0 Å². The summed E-state index contributed by atoms with van der Waals surface area (Å²) < 4.78 is 5.89. The lowest BCUT2D eigenvalue weighted by molar-refractivity contribution is 0.205. The van der Waals surface area contributed by atoms with Crippen LogP contribution < -0.4 is 10.1 Å². The molecule has 4 heteroatoms. The number of nitrogens with one attached hydrogen (secondary N) is 1. The number of hydrogen-bond donors (Lipinski definition) is 1. The lowest BCUT2D eigenvalue weighted by Crippen LogP contribution is -2.31. The van der Waals surface area contributed by atoms with Gasteiger partial charge in [0.05, 0.1) is 6.61 Å². The van der Waals surface area contributed by atoms with Gasteiger partial charge < -0.3 is 19.9 Å². The van der Waals surface area contributed by atoms with Crippen molar-refractivity contribution in [2.75, 3.05) is 46.4 Å². The molecule has 26 heavy (non-hydrogen) atoms. The highest BCUT2D eigenvalue weighted by Crippen LogP contribution is 2.18. The summed E-state index contributed by atoms with van der Waals surface area (Å²) in [5.74, 6) is 0.988. The van der Waals surface area contributed by atoms with E-state index in [0.717, 1.165) is 31.9 Å². The minimum absolute atomic E-state index is 0.815. The maximum absolute atomic E-state index is 5.89. The van der Waals surface area contributed by atoms with Crippen LogP contribution in [0.3, 0.4) is 0 Å². The lowest BCUT2D eigenvalue weighted by atomic mass is 10.1. The van der Waals surface area contributed by atoms with Gasteiger partial charge in [0.15, 0.2) is 0 Å². The second kappa shape index (κ2) is 10.6. The van der Waals surface area contributed by atoms with Crippen molar-refractivity contribution in [3.05, 3.63) is 41.6 Å². The average molecular weight is 358 g/mol. The molecule has 144 valence electrons. The Bertz CT molecular complexity index is 549. The number of ether oxygens (including phenoxy) is 1. The van der Waals surface area contributed by atoms with Gasteiger partial charge in [-0.2, -0.15) is 0 Å². The van der Waals surface area contributed by atoms with Crippen LogP contribution in [-0.4, -0.2) is 56.2 Å². The van der Waals surface area contributed by atoms with E-state index in [0.29, 0.717) is 0 Å². The number of rotatable bonds is 9. The van der Waals surface area contributed by atoms with E-state index in [1.807, 2.05) is 0 Å². The molecule has 3 rings (SSSR count). The van der Waals surface area contributed by atoms with Gasteiger partial charge in [-0.3, -0.25) is 0 Å². The summed E-state index contributed by atoms with van der Waals surface area (Å²) in [6, 6.07) is 8.53. The van der Waals surface area contributed by atoms with E-state index in [2.05, 4.69) is 52.5 Å². The van der Waals surface area contributed by atoms with Gasteiger partial charge in [-0.15, -0.1) is 0 Å². The van der Waals surface area contributed by atoms with Crippen molar-refractivity contribution in [3.8, 4) is 5.75 Å². The summed E-state index contributed by atoms with van der Waals surface area (Å²) in [5.41, 5.74) is 2.79. The first-order valence-electron chi connectivity index (χ1n) is 10.4. The molecule has 4 nitrogen and oxygen atoms in total. The Morgan fingerprint density at radius 1 is 1.04 bits per heavy atom. The van der Waals surface area contributed by atoms with Crippen LogP contribution in [0.5, 0.6) is 5.75 Å². The molecule has 0 amide bonds. The van der Waals surface area contributed by atoms with E-state index in [-0.39, 0.29) is 0 Å². The highest BCUT2D eigenvalue weighted by molar-refractivity contribution is 5.27. The summed E-state index contributed by atoms with van der Waals surface area (Å²) in [7, 11) is 2.18. The van der Waals surface area contributed by atoms with E-state index in [4.69, 9.17) is 4.74 Å². The zero-order valence-electron chi connectivity index (χ0n) is 16.4. The standard InChI is InChI=1S/C22H35N3O/c1-24-14-5-7-21(24)12-13-23-19-20-8-10-22(11-9-20)26-18-6-17-25-15-3-2-4-16-25/h8-12,23H,2-7,13-19H2,1H3/b21-12-. The van der Waals surface area contributed by atoms with Gasteiger partial charge in [0, 0.05) is 38.9 Å². The first-order valence-corrected chi connectivity index (χ1v) is 10.4. The maximum atomic E-state index is 5.89. The van der Waals surface area contributed by atoms with Crippen LogP contribution in [0.25, 0.3) is 0 Å². The average Bonchev–Trinajstić information content (AvgIpc) is 3.09. The van der Waals surface area contributed by atoms with Crippen LogP contribution in [0.4, 0.5) is 0 Å². The molecule has 0 aromatic heterocycles. The zero-order chi connectivity index (χ0) is 18.0. The molecule has 0 saturated carbocycles. The predicted octanol–water partition coefficient (Wildman–Crippen LogP) is 3.64. The Morgan fingerprint density at radius 2 is 1.85 bits per heavy atom. The summed E-state index contributed by atoms with van der Waals surface area (Å²) in [4.78, 5) is 4.93. The van der Waals surface area contributed by atoms with Gasteiger partial charge in [0.2, 0.25) is 0 Å². The second-order valence-corrected chi connectivity index (χ2v) is 7.60. The molecule has 1 aromatic rings. The molecule has 2 heterocycles. The Morgan fingerprint density at radius 3 is 2.58 bits per heavy atom. The number of piperidine rings is 1. The van der Waals surface area contributed by atoms with Gasteiger partial charge in [-0.1, -0.05) is 24.6 Å². The van der Waals surface area contributed by atoms with Crippen LogP contribution >= 0.6 is 0 Å². The van der Waals surface area contributed by atoms with Crippen molar-refractivity contribution in [2.45, 2.75) is 45.1 Å². The predicted molar refractivity (Wildman–Crippen MR) is 108 cm³/mol. The first kappa shape index (κ1) is 19.2. The number of hydrogen-bond acceptors (Lipinski definition) is 4. The summed E-state index contributed by atoms with van der Waals surface area (Å²) in [5, 5.41) is 3.51. The normalized spacial score (nSPS) is 20.0. The number of likely N-dealkylation sites (tertiary alicyclic amines) is 2. The fourth-order valence-corrected chi connectivity index (χ4v) is 3.86. The van der Waals surface area contributed by atoms with E-state index >= 15 is 0 Å². The van der Waals surface area contributed by atoms with Crippen molar-refractivity contribution in [1.82, 2.24) is 15.1 Å². The smallest absolute Gasteiger partial charge is 0.119 e. The molecule has 0 atom stereocenters. The third-order valence-electron chi connectivity index (χ3n) is 5.49. The van der Waals surface area contributed by atoms with Crippen LogP contribution in [0.2, 0.25) is 0 Å². The van der Waals surface area contributed by atoms with Gasteiger partial charge in [-0.25, -0.2) is 0 Å². The Kier molecular flexibility index (Phi) is 7.84. The highest BCUT2D eigenvalue weighted by atomic mass is 16.5. The Balaban J connectivity index is 1.29. The van der Waals surface area contributed by atoms with Crippen molar-refractivity contribution in [3.63, 3.8) is 0 Å². The van der Waals surface area contributed by atoms with Crippen molar-refractivity contribution >= 4 is 0 Å². The number of nitrogens with zero attached hydrogens (tertiary/aromatic N) is 2. The molecule has 1 N–H and O–H groups in total. The largest absolute Gasteiger partial charge is 0.494 e. The third-order valence-corrected chi connectivity index (χ3v) is 5.49. The molecule has 0 radical (unpaired) electrons. The number of benzene rings is 1. The monoisotopic (exact) mass is 357 g/mol. The highest BCUT2D eigenvalue weighted by Gasteiger charge is 2.11. The SMILES string of the molecule is CN1CCC/C1=C/CNCc1ccc(OCCCN2CCCCC2)cc1. The van der Waals surface area contributed by atoms with E-state index in [1.165, 1.54) is 69.5 Å². The fourth-order valence-electron chi connectivity index (χ4n) is 3.86. The maximum Gasteiger partial charge on any atom is 0.119 e. The third kappa shape index (κ3) is 6.33. The molecular weight excluding hydrogens is 322 g/mol. The molecule has 0 bridgehead atoms. The fraction of sp³-hybridized carbons (Fsp3) is 0.636. The van der Waals surface area contributed by atoms with Crippen LogP contribution in [0, 0.1) is 0 Å². The minimum Gasteiger partial charge on any atom is -0.494 e. The van der Waals surface area contributed by atoms with Crippen LogP contribution in [0.15, 0.2) is 36.0 Å². The van der Waals surface area contributed by atoms with E-state index in [9.17, 15) is 0 Å². The number of allylic oxidation sites excluding steroid dienone is 1.